The highest BCUT2D eigenvalue weighted by atomic mass is 32.2. The second-order valence-electron chi connectivity index (χ2n) is 4.00. The molecular weight excluding hydrogens is 264 g/mol. The molecular formula is C12H12N4O2S. The lowest BCUT2D eigenvalue weighted by Gasteiger charge is -2.08. The van der Waals surface area contributed by atoms with Crippen molar-refractivity contribution < 1.29 is 8.42 Å². The lowest BCUT2D eigenvalue weighted by atomic mass is 10.2. The van der Waals surface area contributed by atoms with Gasteiger partial charge in [-0.1, -0.05) is 6.07 Å². The van der Waals surface area contributed by atoms with Crippen LogP contribution in [0.5, 0.6) is 0 Å². The molecule has 2 N–H and O–H groups in total. The normalized spacial score (nSPS) is 11.2. The molecule has 2 rings (SSSR count). The van der Waals surface area contributed by atoms with Crippen LogP contribution in [-0.4, -0.2) is 18.6 Å². The van der Waals surface area contributed by atoms with Crippen molar-refractivity contribution in [2.75, 3.05) is 0 Å². The lowest BCUT2D eigenvalue weighted by molar-refractivity contribution is 0.579. The maximum absolute atomic E-state index is 12.2. The van der Waals surface area contributed by atoms with E-state index in [9.17, 15) is 8.42 Å². The number of H-pyrrole nitrogens is 1. The third-order valence-electron chi connectivity index (χ3n) is 2.62. The van der Waals surface area contributed by atoms with Crippen LogP contribution >= 0.6 is 0 Å². The molecule has 1 heterocycles. The highest BCUT2D eigenvalue weighted by Gasteiger charge is 2.17. The van der Waals surface area contributed by atoms with Crippen LogP contribution < -0.4 is 4.72 Å². The van der Waals surface area contributed by atoms with Crippen molar-refractivity contribution >= 4 is 10.0 Å². The molecule has 0 spiro atoms. The van der Waals surface area contributed by atoms with E-state index in [1.165, 1.54) is 6.07 Å². The molecule has 19 heavy (non-hydrogen) atoms. The minimum Gasteiger partial charge on any atom is -0.281 e. The van der Waals surface area contributed by atoms with Gasteiger partial charge in [-0.25, -0.2) is 13.1 Å². The Kier molecular flexibility index (Phi) is 3.64. The first-order valence-corrected chi connectivity index (χ1v) is 7.00. The Balaban J connectivity index is 2.27. The summed E-state index contributed by atoms with van der Waals surface area (Å²) in [7, 11) is -3.65. The Morgan fingerprint density at radius 1 is 1.42 bits per heavy atom. The molecule has 2 aromatic rings. The number of nitrogens with zero attached hydrogens (tertiary/aromatic N) is 2. The van der Waals surface area contributed by atoms with Crippen LogP contribution in [0.2, 0.25) is 0 Å². The molecule has 0 saturated heterocycles. The predicted octanol–water partition coefficient (Wildman–Crippen LogP) is 1.07. The van der Waals surface area contributed by atoms with E-state index in [-0.39, 0.29) is 11.4 Å². The van der Waals surface area contributed by atoms with Gasteiger partial charge in [-0.15, -0.1) is 0 Å². The average Bonchev–Trinajstić information content (AvgIpc) is 2.90. The number of nitrogens with one attached hydrogen (secondary N) is 2. The second kappa shape index (κ2) is 5.22. The molecule has 7 heteroatoms. The molecule has 0 aliphatic heterocycles. The topological polar surface area (TPSA) is 98.6 Å². The summed E-state index contributed by atoms with van der Waals surface area (Å²) in [6, 6.07) is 8.18. The summed E-state index contributed by atoms with van der Waals surface area (Å²) in [5, 5.41) is 15.2. The van der Waals surface area contributed by atoms with Gasteiger partial charge in [0, 0.05) is 6.20 Å². The van der Waals surface area contributed by atoms with Crippen molar-refractivity contribution in [3.63, 3.8) is 0 Å². The number of aromatic amines is 1. The van der Waals surface area contributed by atoms with Gasteiger partial charge in [0.05, 0.1) is 28.8 Å². The molecule has 98 valence electrons. The molecule has 1 aromatic carbocycles. The fraction of sp³-hybridized carbons (Fsp3) is 0.167. The van der Waals surface area contributed by atoms with Crippen LogP contribution in [0.25, 0.3) is 0 Å². The maximum Gasteiger partial charge on any atom is 0.241 e. The fourth-order valence-electron chi connectivity index (χ4n) is 1.59. The van der Waals surface area contributed by atoms with Crippen molar-refractivity contribution in [3.05, 3.63) is 47.3 Å². The van der Waals surface area contributed by atoms with Crippen LogP contribution in [0, 0.1) is 18.3 Å². The van der Waals surface area contributed by atoms with Gasteiger partial charge in [-0.2, -0.15) is 10.4 Å². The number of aromatic nitrogens is 2. The van der Waals surface area contributed by atoms with Crippen molar-refractivity contribution in [2.45, 2.75) is 18.4 Å². The molecule has 0 fully saturated rings. The van der Waals surface area contributed by atoms with Gasteiger partial charge in [0.25, 0.3) is 0 Å². The lowest BCUT2D eigenvalue weighted by Crippen LogP contribution is -2.24. The number of benzene rings is 1. The molecule has 0 aliphatic carbocycles. The first-order valence-electron chi connectivity index (χ1n) is 5.51. The SMILES string of the molecule is Cc1ccc(C#N)cc1S(=O)(=O)NCc1ccn[nH]1. The Morgan fingerprint density at radius 3 is 2.84 bits per heavy atom. The number of aryl methyl sites for hydroxylation is 1. The van der Waals surface area contributed by atoms with E-state index in [4.69, 9.17) is 5.26 Å². The minimum absolute atomic E-state index is 0.117. The van der Waals surface area contributed by atoms with Crippen LogP contribution in [0.1, 0.15) is 16.8 Å². The predicted molar refractivity (Wildman–Crippen MR) is 68.5 cm³/mol. The van der Waals surface area contributed by atoms with Gasteiger partial charge in [0.15, 0.2) is 0 Å². The minimum atomic E-state index is -3.65. The first-order chi connectivity index (χ1) is 9.03. The highest BCUT2D eigenvalue weighted by molar-refractivity contribution is 7.89. The van der Waals surface area contributed by atoms with E-state index in [1.807, 2.05) is 6.07 Å². The van der Waals surface area contributed by atoms with Crippen LogP contribution in [0.3, 0.4) is 0 Å². The molecule has 0 aliphatic rings. The van der Waals surface area contributed by atoms with Gasteiger partial charge in [0.2, 0.25) is 10.0 Å². The van der Waals surface area contributed by atoms with Crippen molar-refractivity contribution in [1.82, 2.24) is 14.9 Å². The fourth-order valence-corrected chi connectivity index (χ4v) is 2.87. The third-order valence-corrected chi connectivity index (χ3v) is 4.16. The summed E-state index contributed by atoms with van der Waals surface area (Å²) in [5.74, 6) is 0. The number of hydrogen-bond acceptors (Lipinski definition) is 4. The summed E-state index contributed by atoms with van der Waals surface area (Å²) in [5.41, 5.74) is 1.57. The van der Waals surface area contributed by atoms with E-state index >= 15 is 0 Å². The summed E-state index contributed by atoms with van der Waals surface area (Å²) < 4.78 is 26.8. The molecule has 0 unspecified atom stereocenters. The number of sulfonamides is 1. The zero-order chi connectivity index (χ0) is 13.9. The smallest absolute Gasteiger partial charge is 0.241 e. The summed E-state index contributed by atoms with van der Waals surface area (Å²) >= 11 is 0. The van der Waals surface area contributed by atoms with E-state index in [0.717, 1.165) is 0 Å². The van der Waals surface area contributed by atoms with Crippen LogP contribution in [-0.2, 0) is 16.6 Å². The molecule has 0 amide bonds. The zero-order valence-electron chi connectivity index (χ0n) is 10.2. The van der Waals surface area contributed by atoms with Gasteiger partial charge in [0.1, 0.15) is 0 Å². The number of nitriles is 1. The quantitative estimate of drug-likeness (QED) is 0.872. The van der Waals surface area contributed by atoms with Crippen molar-refractivity contribution in [2.24, 2.45) is 0 Å². The Morgan fingerprint density at radius 2 is 2.21 bits per heavy atom. The summed E-state index contributed by atoms with van der Waals surface area (Å²) in [6.07, 6.45) is 1.55. The van der Waals surface area contributed by atoms with Gasteiger partial charge >= 0.3 is 0 Å². The van der Waals surface area contributed by atoms with Crippen LogP contribution in [0.4, 0.5) is 0 Å². The van der Waals surface area contributed by atoms with E-state index in [1.54, 1.807) is 31.3 Å². The summed E-state index contributed by atoms with van der Waals surface area (Å²) in [4.78, 5) is 0.117. The standard InChI is InChI=1S/C12H12N4O2S/c1-9-2-3-10(7-13)6-12(9)19(17,18)15-8-11-4-5-14-16-11/h2-6,15H,8H2,1H3,(H,14,16). The number of hydrogen-bond donors (Lipinski definition) is 2. The largest absolute Gasteiger partial charge is 0.281 e. The van der Waals surface area contributed by atoms with E-state index in [0.29, 0.717) is 16.8 Å². The molecule has 0 radical (unpaired) electrons. The molecule has 6 nitrogen and oxygen atoms in total. The zero-order valence-corrected chi connectivity index (χ0v) is 11.0. The molecule has 0 saturated carbocycles. The van der Waals surface area contributed by atoms with Gasteiger partial charge < -0.3 is 0 Å². The Labute approximate surface area is 111 Å². The monoisotopic (exact) mass is 276 g/mol. The average molecular weight is 276 g/mol. The van der Waals surface area contributed by atoms with E-state index in [2.05, 4.69) is 14.9 Å². The molecule has 0 atom stereocenters. The summed E-state index contributed by atoms with van der Waals surface area (Å²) in [6.45, 7) is 1.81. The maximum atomic E-state index is 12.2. The van der Waals surface area contributed by atoms with Crippen molar-refractivity contribution in [3.8, 4) is 6.07 Å². The first kappa shape index (κ1) is 13.3. The molecule has 1 aromatic heterocycles. The van der Waals surface area contributed by atoms with E-state index < -0.39 is 10.0 Å². The third kappa shape index (κ3) is 2.99. The molecule has 0 bridgehead atoms. The Bertz CT molecular complexity index is 715. The van der Waals surface area contributed by atoms with Gasteiger partial charge in [-0.05, 0) is 30.7 Å². The van der Waals surface area contributed by atoms with Crippen molar-refractivity contribution in [1.29, 1.82) is 5.26 Å². The Hall–Kier alpha value is -2.17. The highest BCUT2D eigenvalue weighted by Crippen LogP contribution is 2.16. The second-order valence-corrected chi connectivity index (χ2v) is 5.73. The number of rotatable bonds is 4. The van der Waals surface area contributed by atoms with Crippen LogP contribution in [0.15, 0.2) is 35.4 Å². The van der Waals surface area contributed by atoms with Gasteiger partial charge in [-0.3, -0.25) is 5.10 Å².